The average molecular weight is 379 g/mol. The topological polar surface area (TPSA) is 72.5 Å². The van der Waals surface area contributed by atoms with Crippen LogP contribution >= 0.6 is 7.47 Å². The van der Waals surface area contributed by atoms with Gasteiger partial charge in [0.1, 0.15) is 14.0 Å². The van der Waals surface area contributed by atoms with Crippen LogP contribution in [0.1, 0.15) is 13.8 Å². The van der Waals surface area contributed by atoms with Gasteiger partial charge in [0, 0.05) is 45.8 Å². The van der Waals surface area contributed by atoms with E-state index >= 15 is 0 Å². The molecule has 0 aromatic rings. The van der Waals surface area contributed by atoms with Crippen molar-refractivity contribution in [3.05, 3.63) is 0 Å². The molecule has 7 radical (unpaired) electrons. The second kappa shape index (κ2) is 9.64. The molecule has 2 heterocycles. The summed E-state index contributed by atoms with van der Waals surface area (Å²) in [5.41, 5.74) is 0. The third kappa shape index (κ3) is 5.19. The normalized spacial score (nSPS) is 42.6. The van der Waals surface area contributed by atoms with E-state index in [0.717, 1.165) is 0 Å². The van der Waals surface area contributed by atoms with E-state index in [1.165, 1.54) is 7.17 Å². The molecule has 0 aromatic carbocycles. The molecule has 7 nitrogen and oxygen atoms in total. The lowest BCUT2D eigenvalue weighted by Crippen LogP contribution is -2.33. The fraction of sp³-hybridized carbons (Fsp3) is 1.00. The summed E-state index contributed by atoms with van der Waals surface area (Å²) in [5.74, 6) is -0.126. The Labute approximate surface area is 160 Å². The van der Waals surface area contributed by atoms with Gasteiger partial charge in [0.25, 0.3) is 7.47 Å². The van der Waals surface area contributed by atoms with E-state index in [4.69, 9.17) is 51.1 Å². The van der Waals surface area contributed by atoms with E-state index in [9.17, 15) is 4.57 Å². The van der Waals surface area contributed by atoms with Crippen LogP contribution in [0.15, 0.2) is 0 Å². The Morgan fingerprint density at radius 3 is 2.35 bits per heavy atom. The smallest absolute Gasteiger partial charge is 0.264 e. The summed E-state index contributed by atoms with van der Waals surface area (Å²) in [6.45, 7) is 4.11. The molecule has 2 aliphatic rings. The van der Waals surface area contributed by atoms with Gasteiger partial charge < -0.3 is 28.0 Å². The second-order valence-electron chi connectivity index (χ2n) is 6.75. The molecule has 0 aromatic heterocycles. The van der Waals surface area contributed by atoms with Crippen LogP contribution in [0.3, 0.4) is 0 Å². The van der Waals surface area contributed by atoms with Gasteiger partial charge in [-0.25, -0.2) is 0 Å². The zero-order chi connectivity index (χ0) is 19.5. The largest absolute Gasteiger partial charge is 0.382 e. The van der Waals surface area contributed by atoms with Gasteiger partial charge in [-0.2, -0.15) is 0 Å². The van der Waals surface area contributed by atoms with E-state index in [1.54, 1.807) is 14.2 Å². The molecule has 2 rings (SSSR count). The molecular weight excluding hydrogens is 354 g/mol. The Kier molecular flexibility index (Phi) is 8.35. The summed E-state index contributed by atoms with van der Waals surface area (Å²) in [5, 5.41) is 0. The van der Waals surface area contributed by atoms with E-state index in [-0.39, 0.29) is 36.7 Å². The molecule has 0 spiro atoms. The van der Waals surface area contributed by atoms with Gasteiger partial charge >= 0.3 is 0 Å². The molecule has 2 fully saturated rings. The highest BCUT2D eigenvalue weighted by Gasteiger charge is 2.44. The number of hydrogen-bond donors (Lipinski definition) is 0. The van der Waals surface area contributed by atoms with Crippen LogP contribution in [-0.4, -0.2) is 94.2 Å². The van der Waals surface area contributed by atoms with E-state index in [2.05, 4.69) is 0 Å². The summed E-state index contributed by atoms with van der Waals surface area (Å²) in [6.07, 6.45) is -1.66. The lowest BCUT2D eigenvalue weighted by Gasteiger charge is -2.26. The molecule has 2 saturated heterocycles. The predicted molar refractivity (Wildman–Crippen MR) is 99.8 cm³/mol. The molecule has 0 bridgehead atoms. The minimum atomic E-state index is -3.88. The van der Waals surface area contributed by atoms with Crippen molar-refractivity contribution in [3.8, 4) is 0 Å². The first-order chi connectivity index (χ1) is 12.2. The molecule has 26 heavy (non-hydrogen) atoms. The summed E-state index contributed by atoms with van der Waals surface area (Å²) in [6, 6.07) is -1.05. The lowest BCUT2D eigenvalue weighted by atomic mass is 9.49. The second-order valence-corrected chi connectivity index (χ2v) is 8.30. The number of rotatable bonds is 9. The molecule has 0 saturated carbocycles. The highest BCUT2D eigenvalue weighted by Crippen LogP contribution is 2.48. The maximum Gasteiger partial charge on any atom is 0.264 e. The lowest BCUT2D eigenvalue weighted by molar-refractivity contribution is -0.0215. The predicted octanol–water partition coefficient (Wildman–Crippen LogP) is 0.00440. The van der Waals surface area contributed by atoms with E-state index in [1.807, 2.05) is 13.8 Å². The van der Waals surface area contributed by atoms with Gasteiger partial charge in [0.2, 0.25) is 7.57 Å². The van der Waals surface area contributed by atoms with Gasteiger partial charge in [-0.15, -0.1) is 0 Å². The van der Waals surface area contributed by atoms with Crippen LogP contribution in [-0.2, 0) is 32.6 Å². The zero-order valence-electron chi connectivity index (χ0n) is 15.6. The average Bonchev–Trinajstić information content (AvgIpc) is 3.04. The summed E-state index contributed by atoms with van der Waals surface area (Å²) >= 11 is 0. The van der Waals surface area contributed by atoms with Crippen LogP contribution in [0.25, 0.3) is 0 Å². The fourth-order valence-corrected chi connectivity index (χ4v) is 4.52. The standard InChI is InChI=1S/C14H24B4O7P/c1-7-9(5-20-3)23-13(15)12(7)25-26(17,19)22-6-10-11(21-4)8(2)14(18-16)24-10/h7-14H,5-6H2,1-4H3/t7-,8?,9+,10+,11+,12?,13+,14+,26?/m0/s1. The van der Waals surface area contributed by atoms with Crippen LogP contribution in [0.4, 0.5) is 0 Å². The summed E-state index contributed by atoms with van der Waals surface area (Å²) < 4.78 is 45.2. The Hall–Kier alpha value is 0.250. The van der Waals surface area contributed by atoms with Crippen molar-refractivity contribution in [1.29, 1.82) is 0 Å². The quantitative estimate of drug-likeness (QED) is 0.413. The van der Waals surface area contributed by atoms with Crippen molar-refractivity contribution < 1.29 is 32.6 Å². The van der Waals surface area contributed by atoms with Crippen LogP contribution in [0.5, 0.6) is 0 Å². The number of ether oxygens (including phenoxy) is 4. The SMILES string of the molecule is [B][B][C@@H]1O[C@H](COP([B])(=O)OC2[C@H]([B])O[C@H](COC)[C@@H]2C)[C@H](OC)C1C. The molecule has 139 valence electrons. The van der Waals surface area contributed by atoms with Crippen molar-refractivity contribution >= 4 is 37.8 Å². The number of hydrogen-bond acceptors (Lipinski definition) is 7. The maximum absolute atomic E-state index is 12.6. The van der Waals surface area contributed by atoms with Crippen LogP contribution in [0.2, 0.25) is 0 Å². The van der Waals surface area contributed by atoms with Gasteiger partial charge in [-0.05, 0) is 0 Å². The van der Waals surface area contributed by atoms with Crippen molar-refractivity contribution in [2.75, 3.05) is 27.4 Å². The fourth-order valence-electron chi connectivity index (χ4n) is 3.45. The molecule has 3 unspecified atom stereocenters. The van der Waals surface area contributed by atoms with Gasteiger partial charge in [-0.3, -0.25) is 4.57 Å². The summed E-state index contributed by atoms with van der Waals surface area (Å²) in [7, 11) is 18.0. The highest BCUT2D eigenvalue weighted by molar-refractivity contribution is 7.79. The first kappa shape index (κ1) is 22.5. The minimum Gasteiger partial charge on any atom is -0.382 e. The zero-order valence-corrected chi connectivity index (χ0v) is 16.5. The Morgan fingerprint density at radius 1 is 1.08 bits per heavy atom. The van der Waals surface area contributed by atoms with Crippen molar-refractivity contribution in [1.82, 2.24) is 0 Å². The third-order valence-electron chi connectivity index (χ3n) is 4.98. The van der Waals surface area contributed by atoms with Crippen molar-refractivity contribution in [2.45, 2.75) is 50.3 Å². The van der Waals surface area contributed by atoms with Crippen LogP contribution in [0, 0.1) is 11.8 Å². The highest BCUT2D eigenvalue weighted by atomic mass is 31.2. The minimum absolute atomic E-state index is 0.0307. The summed E-state index contributed by atoms with van der Waals surface area (Å²) in [4.78, 5) is 0. The van der Waals surface area contributed by atoms with Gasteiger partial charge in [0.15, 0.2) is 0 Å². The Bertz CT molecular complexity index is 502. The Balaban J connectivity index is 1.91. The molecule has 0 amide bonds. The van der Waals surface area contributed by atoms with Gasteiger partial charge in [-0.1, -0.05) is 13.8 Å². The number of methoxy groups -OCH3 is 2. The first-order valence-electron chi connectivity index (χ1n) is 8.59. The van der Waals surface area contributed by atoms with Crippen molar-refractivity contribution in [3.63, 3.8) is 0 Å². The molecule has 0 aliphatic carbocycles. The van der Waals surface area contributed by atoms with E-state index in [0.29, 0.717) is 6.61 Å². The van der Waals surface area contributed by atoms with E-state index < -0.39 is 25.7 Å². The molecule has 12 heteroatoms. The Morgan fingerprint density at radius 2 is 1.77 bits per heavy atom. The first-order valence-corrected chi connectivity index (χ1v) is 10.2. The van der Waals surface area contributed by atoms with Crippen molar-refractivity contribution in [2.24, 2.45) is 11.8 Å². The molecule has 2 aliphatic heterocycles. The third-order valence-corrected chi connectivity index (χ3v) is 6.02. The molecule has 0 N–H and O–H groups in total. The monoisotopic (exact) mass is 379 g/mol. The molecule has 9 atom stereocenters. The molecular formula is C14H24B4O7P. The maximum atomic E-state index is 12.6. The van der Waals surface area contributed by atoms with Crippen LogP contribution < -0.4 is 0 Å². The van der Waals surface area contributed by atoms with Gasteiger partial charge in [0.05, 0.1) is 38.7 Å².